The highest BCUT2D eigenvalue weighted by Gasteiger charge is 2.55. The molecule has 0 spiro atoms. The van der Waals surface area contributed by atoms with E-state index in [9.17, 15) is 14.7 Å². The molecule has 2 aromatic rings. The molecule has 3 N–H and O–H groups in total. The van der Waals surface area contributed by atoms with Crippen molar-refractivity contribution in [1.29, 1.82) is 0 Å². The summed E-state index contributed by atoms with van der Waals surface area (Å²) in [5.41, 5.74) is -0.237. The van der Waals surface area contributed by atoms with Crippen molar-refractivity contribution in [2.24, 2.45) is 28.6 Å². The van der Waals surface area contributed by atoms with Gasteiger partial charge in [-0.25, -0.2) is 9.36 Å². The van der Waals surface area contributed by atoms with Gasteiger partial charge < -0.3 is 15.7 Å². The Bertz CT molecular complexity index is 1100. The Labute approximate surface area is 206 Å². The van der Waals surface area contributed by atoms with Gasteiger partial charge in [0.15, 0.2) is 5.82 Å². The average Bonchev–Trinajstić information content (AvgIpc) is 3.49. The molecule has 4 saturated carbocycles. The molecular formula is C26H36N6O3. The van der Waals surface area contributed by atoms with Gasteiger partial charge >= 0.3 is 0 Å². The Hall–Kier alpha value is -2.94. The summed E-state index contributed by atoms with van der Waals surface area (Å²) in [4.78, 5) is 26.0. The molecule has 4 aliphatic carbocycles. The van der Waals surface area contributed by atoms with Crippen LogP contribution in [0, 0.1) is 28.6 Å². The molecule has 2 aromatic heterocycles. The van der Waals surface area contributed by atoms with Crippen molar-refractivity contribution < 1.29 is 14.7 Å². The van der Waals surface area contributed by atoms with Crippen LogP contribution in [0.4, 0.5) is 0 Å². The molecule has 0 saturated heterocycles. The van der Waals surface area contributed by atoms with Crippen LogP contribution >= 0.6 is 0 Å². The van der Waals surface area contributed by atoms with Crippen molar-refractivity contribution in [1.82, 2.24) is 30.2 Å². The predicted octanol–water partition coefficient (Wildman–Crippen LogP) is 2.62. The number of carbonyl (C=O) groups excluding carboxylic acids is 2. The summed E-state index contributed by atoms with van der Waals surface area (Å²) in [7, 11) is 0. The van der Waals surface area contributed by atoms with Crippen molar-refractivity contribution in [3.8, 4) is 5.82 Å². The number of carbonyl (C=O) groups is 2. The second kappa shape index (κ2) is 8.93. The maximum Gasteiger partial charge on any atom is 0.257 e. The summed E-state index contributed by atoms with van der Waals surface area (Å²) in [6, 6.07) is 1.92. The van der Waals surface area contributed by atoms with Gasteiger partial charge in [-0.3, -0.25) is 9.59 Å². The van der Waals surface area contributed by atoms with Gasteiger partial charge in [-0.1, -0.05) is 6.08 Å². The highest BCUT2D eigenvalue weighted by molar-refractivity contribution is 5.97. The normalized spacial score (nSPS) is 29.6. The fourth-order valence-corrected chi connectivity index (χ4v) is 6.82. The first kappa shape index (κ1) is 23.8. The van der Waals surface area contributed by atoms with E-state index in [0.717, 1.165) is 32.1 Å². The monoisotopic (exact) mass is 480 g/mol. The minimum atomic E-state index is -0.741. The summed E-state index contributed by atoms with van der Waals surface area (Å²) in [6.07, 6.45) is 13.9. The fourth-order valence-electron chi connectivity index (χ4n) is 6.82. The molecule has 0 radical (unpaired) electrons. The van der Waals surface area contributed by atoms with Crippen molar-refractivity contribution >= 4 is 18.0 Å². The maximum atomic E-state index is 13.6. The van der Waals surface area contributed by atoms with Crippen LogP contribution in [0.25, 0.3) is 12.0 Å². The van der Waals surface area contributed by atoms with Crippen LogP contribution in [0.5, 0.6) is 0 Å². The molecule has 4 fully saturated rings. The number of hydrogen-bond donors (Lipinski definition) is 3. The summed E-state index contributed by atoms with van der Waals surface area (Å²) < 4.78 is 3.23. The van der Waals surface area contributed by atoms with Crippen LogP contribution in [-0.4, -0.2) is 55.7 Å². The number of hydrogen-bond acceptors (Lipinski definition) is 5. The molecule has 4 aliphatic rings. The fraction of sp³-hybridized carbons (Fsp3) is 0.615. The average molecular weight is 481 g/mol. The van der Waals surface area contributed by atoms with E-state index < -0.39 is 5.41 Å². The number of aliphatic hydroxyl groups is 1. The number of amides is 2. The number of aromatic nitrogens is 4. The van der Waals surface area contributed by atoms with Gasteiger partial charge in [0, 0.05) is 37.8 Å². The first-order valence-corrected chi connectivity index (χ1v) is 12.7. The molecule has 9 heteroatoms. The highest BCUT2D eigenvalue weighted by atomic mass is 16.3. The lowest BCUT2D eigenvalue weighted by atomic mass is 9.48. The van der Waals surface area contributed by atoms with E-state index in [1.165, 1.54) is 0 Å². The van der Waals surface area contributed by atoms with E-state index in [-0.39, 0.29) is 29.9 Å². The third kappa shape index (κ3) is 4.30. The molecule has 2 unspecified atom stereocenters. The lowest BCUT2D eigenvalue weighted by Gasteiger charge is -2.59. The Morgan fingerprint density at radius 1 is 1.23 bits per heavy atom. The van der Waals surface area contributed by atoms with Crippen LogP contribution in [0.15, 0.2) is 30.7 Å². The third-order valence-electron chi connectivity index (χ3n) is 8.32. The molecule has 9 nitrogen and oxygen atoms in total. The van der Waals surface area contributed by atoms with E-state index >= 15 is 0 Å². The molecule has 35 heavy (non-hydrogen) atoms. The van der Waals surface area contributed by atoms with E-state index in [0.29, 0.717) is 35.7 Å². The molecule has 0 aliphatic heterocycles. The molecule has 2 atom stereocenters. The van der Waals surface area contributed by atoms with Crippen molar-refractivity contribution in [3.05, 3.63) is 36.3 Å². The van der Waals surface area contributed by atoms with Gasteiger partial charge in [-0.2, -0.15) is 10.2 Å². The lowest BCUT2D eigenvalue weighted by Crippen LogP contribution is -2.60. The summed E-state index contributed by atoms with van der Waals surface area (Å²) in [5, 5.41) is 25.0. The third-order valence-corrected chi connectivity index (χ3v) is 8.32. The largest absolute Gasteiger partial charge is 0.396 e. The summed E-state index contributed by atoms with van der Waals surface area (Å²) in [6.45, 7) is 6.38. The van der Waals surface area contributed by atoms with Gasteiger partial charge in [0.05, 0.1) is 11.6 Å². The topological polar surface area (TPSA) is 114 Å². The summed E-state index contributed by atoms with van der Waals surface area (Å²) >= 11 is 0. The number of nitrogens with zero attached hydrogens (tertiary/aromatic N) is 4. The first-order valence-electron chi connectivity index (χ1n) is 12.7. The van der Waals surface area contributed by atoms with E-state index in [1.54, 1.807) is 46.3 Å². The van der Waals surface area contributed by atoms with Crippen molar-refractivity contribution in [2.45, 2.75) is 58.9 Å². The SMILES string of the molecule is CCNC(=O)C(C)(C)/C=C/n1ncc(C(=O)NC2C3CC4CC2CC(CO)(C4)C3)c1-n1cccn1. The molecule has 6 rings (SSSR count). The zero-order valence-corrected chi connectivity index (χ0v) is 20.8. The van der Waals surface area contributed by atoms with Crippen molar-refractivity contribution in [3.63, 3.8) is 0 Å². The lowest BCUT2D eigenvalue weighted by molar-refractivity contribution is -0.126. The molecule has 0 aromatic carbocycles. The van der Waals surface area contributed by atoms with Gasteiger partial charge in [0.1, 0.15) is 5.56 Å². The number of aliphatic hydroxyl groups excluding tert-OH is 1. The highest BCUT2D eigenvalue weighted by Crippen LogP contribution is 2.59. The Morgan fingerprint density at radius 3 is 2.60 bits per heavy atom. The summed E-state index contributed by atoms with van der Waals surface area (Å²) in [5.74, 6) is 1.80. The van der Waals surface area contributed by atoms with Crippen LogP contribution in [0.2, 0.25) is 0 Å². The Balaban J connectivity index is 1.40. The van der Waals surface area contributed by atoms with Gasteiger partial charge in [-0.05, 0) is 82.1 Å². The standard InChI is InChI=1S/C26H36N6O3/c1-4-27-24(35)25(2,3)6-9-32-23(31-8-5-7-28-31)20(15-29-32)22(34)30-21-18-10-17-11-19(21)14-26(12-17,13-18)16-33/h5-9,15,17-19,21,33H,4,10-14,16H2,1-3H3,(H,27,35)(H,30,34)/b9-6+. The number of rotatable bonds is 8. The van der Waals surface area contributed by atoms with Crippen LogP contribution in [0.3, 0.4) is 0 Å². The van der Waals surface area contributed by atoms with Gasteiger partial charge in [0.25, 0.3) is 5.91 Å². The molecule has 2 amide bonds. The van der Waals surface area contributed by atoms with Crippen LogP contribution < -0.4 is 10.6 Å². The van der Waals surface area contributed by atoms with Crippen LogP contribution in [-0.2, 0) is 4.79 Å². The van der Waals surface area contributed by atoms with Gasteiger partial charge in [0.2, 0.25) is 5.91 Å². The number of nitrogens with one attached hydrogen (secondary N) is 2. The smallest absolute Gasteiger partial charge is 0.257 e. The Kier molecular flexibility index (Phi) is 6.07. The second-order valence-electron chi connectivity index (χ2n) is 11.3. The minimum Gasteiger partial charge on any atom is -0.396 e. The van der Waals surface area contributed by atoms with Crippen LogP contribution in [0.1, 0.15) is 63.2 Å². The first-order chi connectivity index (χ1) is 16.7. The molecule has 4 bridgehead atoms. The van der Waals surface area contributed by atoms with Gasteiger partial charge in [-0.15, -0.1) is 0 Å². The molecule has 188 valence electrons. The quantitative estimate of drug-likeness (QED) is 0.537. The van der Waals surface area contributed by atoms with E-state index in [2.05, 4.69) is 20.8 Å². The van der Waals surface area contributed by atoms with E-state index in [4.69, 9.17) is 0 Å². The zero-order valence-electron chi connectivity index (χ0n) is 20.8. The van der Waals surface area contributed by atoms with E-state index in [1.807, 2.05) is 20.8 Å². The molecular weight excluding hydrogens is 444 g/mol. The molecule has 2 heterocycles. The Morgan fingerprint density at radius 2 is 1.97 bits per heavy atom. The van der Waals surface area contributed by atoms with Crippen molar-refractivity contribution in [2.75, 3.05) is 13.2 Å². The second-order valence-corrected chi connectivity index (χ2v) is 11.3. The maximum absolute atomic E-state index is 13.6. The zero-order chi connectivity index (χ0) is 24.8. The predicted molar refractivity (Wildman–Crippen MR) is 131 cm³/mol. The minimum absolute atomic E-state index is 0.0600.